The van der Waals surface area contributed by atoms with Gasteiger partial charge >= 0.3 is 5.97 Å². The summed E-state index contributed by atoms with van der Waals surface area (Å²) in [6.45, 7) is 3.37. The van der Waals surface area contributed by atoms with E-state index in [1.54, 1.807) is 30.3 Å². The van der Waals surface area contributed by atoms with Gasteiger partial charge in [0.2, 0.25) is 0 Å². The number of hydrogen-bond donors (Lipinski definition) is 2. The first kappa shape index (κ1) is 17.2. The molecule has 0 spiro atoms. The molecule has 3 N–H and O–H groups in total. The number of anilines is 1. The van der Waals surface area contributed by atoms with E-state index in [1.807, 2.05) is 19.9 Å². The van der Waals surface area contributed by atoms with Crippen LogP contribution in [-0.2, 0) is 9.53 Å². The predicted molar refractivity (Wildman–Crippen MR) is 89.8 cm³/mol. The van der Waals surface area contributed by atoms with E-state index in [0.717, 1.165) is 11.1 Å². The molecule has 0 heterocycles. The summed E-state index contributed by atoms with van der Waals surface area (Å²) >= 11 is 0. The summed E-state index contributed by atoms with van der Waals surface area (Å²) in [6.07, 6.45) is 0. The molecule has 0 fully saturated rings. The Hall–Kier alpha value is -3.15. The van der Waals surface area contributed by atoms with Gasteiger partial charge in [0.1, 0.15) is 0 Å². The normalized spacial score (nSPS) is 10.1. The van der Waals surface area contributed by atoms with Crippen molar-refractivity contribution in [1.82, 2.24) is 0 Å². The van der Waals surface area contributed by atoms with Crippen LogP contribution in [-0.4, -0.2) is 24.4 Å². The molecule has 0 saturated heterocycles. The van der Waals surface area contributed by atoms with E-state index in [1.165, 1.54) is 6.07 Å². The molecule has 6 nitrogen and oxygen atoms in total. The quantitative estimate of drug-likeness (QED) is 0.823. The summed E-state index contributed by atoms with van der Waals surface area (Å²) < 4.78 is 4.99. The topological polar surface area (TPSA) is 98.5 Å². The maximum atomic E-state index is 12.0. The molecule has 0 unspecified atom stereocenters. The van der Waals surface area contributed by atoms with Crippen LogP contribution in [0.2, 0.25) is 0 Å². The van der Waals surface area contributed by atoms with E-state index in [-0.39, 0.29) is 11.3 Å². The molecule has 0 aliphatic heterocycles. The van der Waals surface area contributed by atoms with Crippen LogP contribution in [0.3, 0.4) is 0 Å². The summed E-state index contributed by atoms with van der Waals surface area (Å²) in [5, 5.41) is 2.50. The third-order valence-electron chi connectivity index (χ3n) is 3.54. The molecule has 0 aliphatic rings. The number of nitrogens with two attached hydrogens (primary N) is 1. The van der Waals surface area contributed by atoms with E-state index in [2.05, 4.69) is 5.32 Å². The number of para-hydroxylation sites is 1. The predicted octanol–water partition coefficient (Wildman–Crippen LogP) is 2.20. The summed E-state index contributed by atoms with van der Waals surface area (Å²) in [5.41, 5.74) is 8.10. The van der Waals surface area contributed by atoms with Crippen LogP contribution in [0.5, 0.6) is 0 Å². The molecule has 0 bridgehead atoms. The fourth-order valence-electron chi connectivity index (χ4n) is 2.08. The SMILES string of the molecule is Cc1ccc(C(=O)OCC(=O)Nc2ccccc2C(N)=O)cc1C. The zero-order chi connectivity index (χ0) is 17.7. The van der Waals surface area contributed by atoms with Gasteiger partial charge < -0.3 is 15.8 Å². The number of rotatable bonds is 5. The van der Waals surface area contributed by atoms with Gasteiger partial charge in [-0.1, -0.05) is 18.2 Å². The van der Waals surface area contributed by atoms with Crippen LogP contribution < -0.4 is 11.1 Å². The monoisotopic (exact) mass is 326 g/mol. The van der Waals surface area contributed by atoms with Gasteiger partial charge in [0, 0.05) is 0 Å². The lowest BCUT2D eigenvalue weighted by Gasteiger charge is -2.09. The molecule has 2 amide bonds. The Morgan fingerprint density at radius 1 is 1.04 bits per heavy atom. The second-order valence-electron chi connectivity index (χ2n) is 5.33. The molecule has 0 saturated carbocycles. The van der Waals surface area contributed by atoms with Crippen LogP contribution in [0.25, 0.3) is 0 Å². The molecular formula is C18H18N2O4. The Kier molecular flexibility index (Phi) is 5.31. The first-order valence-electron chi connectivity index (χ1n) is 7.31. The largest absolute Gasteiger partial charge is 0.452 e. The molecule has 0 aliphatic carbocycles. The van der Waals surface area contributed by atoms with Crippen LogP contribution >= 0.6 is 0 Å². The molecular weight excluding hydrogens is 308 g/mol. The average molecular weight is 326 g/mol. The number of ether oxygens (including phenoxy) is 1. The van der Waals surface area contributed by atoms with E-state index >= 15 is 0 Å². The maximum absolute atomic E-state index is 12.0. The van der Waals surface area contributed by atoms with Gasteiger partial charge in [0.25, 0.3) is 11.8 Å². The smallest absolute Gasteiger partial charge is 0.338 e. The zero-order valence-corrected chi connectivity index (χ0v) is 13.5. The van der Waals surface area contributed by atoms with Crippen molar-refractivity contribution in [3.05, 3.63) is 64.7 Å². The van der Waals surface area contributed by atoms with Crippen LogP contribution in [0, 0.1) is 13.8 Å². The van der Waals surface area contributed by atoms with Crippen molar-refractivity contribution in [3.63, 3.8) is 0 Å². The fourth-order valence-corrected chi connectivity index (χ4v) is 2.08. The lowest BCUT2D eigenvalue weighted by Crippen LogP contribution is -2.23. The van der Waals surface area contributed by atoms with Gasteiger partial charge in [-0.25, -0.2) is 4.79 Å². The minimum atomic E-state index is -0.655. The highest BCUT2D eigenvalue weighted by molar-refractivity contribution is 6.03. The van der Waals surface area contributed by atoms with Gasteiger partial charge in [-0.05, 0) is 49.2 Å². The molecule has 124 valence electrons. The highest BCUT2D eigenvalue weighted by Crippen LogP contribution is 2.14. The van der Waals surface area contributed by atoms with Gasteiger partial charge in [-0.2, -0.15) is 0 Å². The second kappa shape index (κ2) is 7.41. The van der Waals surface area contributed by atoms with Gasteiger partial charge in [-0.15, -0.1) is 0 Å². The van der Waals surface area contributed by atoms with E-state index < -0.39 is 24.4 Å². The number of hydrogen-bond acceptors (Lipinski definition) is 4. The Morgan fingerprint density at radius 3 is 2.42 bits per heavy atom. The lowest BCUT2D eigenvalue weighted by molar-refractivity contribution is -0.119. The molecule has 0 radical (unpaired) electrons. The molecule has 2 rings (SSSR count). The molecule has 2 aromatic carbocycles. The number of carbonyl (C=O) groups excluding carboxylic acids is 3. The highest BCUT2D eigenvalue weighted by atomic mass is 16.5. The number of primary amides is 1. The standard InChI is InChI=1S/C18H18N2O4/c1-11-7-8-13(9-12(11)2)18(23)24-10-16(21)20-15-6-4-3-5-14(15)17(19)22/h3-9H,10H2,1-2H3,(H2,19,22)(H,20,21). The number of benzene rings is 2. The van der Waals surface area contributed by atoms with E-state index in [9.17, 15) is 14.4 Å². The minimum absolute atomic E-state index is 0.186. The van der Waals surface area contributed by atoms with Gasteiger partial charge in [-0.3, -0.25) is 9.59 Å². The van der Waals surface area contributed by atoms with Crippen molar-refractivity contribution in [1.29, 1.82) is 0 Å². The number of amides is 2. The minimum Gasteiger partial charge on any atom is -0.452 e. The van der Waals surface area contributed by atoms with Crippen molar-refractivity contribution in [3.8, 4) is 0 Å². The van der Waals surface area contributed by atoms with Gasteiger partial charge in [0.15, 0.2) is 6.61 Å². The van der Waals surface area contributed by atoms with Crippen LogP contribution in [0.1, 0.15) is 31.8 Å². The van der Waals surface area contributed by atoms with Crippen molar-refractivity contribution in [2.45, 2.75) is 13.8 Å². The Bertz CT molecular complexity index is 799. The molecule has 24 heavy (non-hydrogen) atoms. The van der Waals surface area contributed by atoms with Gasteiger partial charge in [0.05, 0.1) is 16.8 Å². The summed E-state index contributed by atoms with van der Waals surface area (Å²) in [6, 6.07) is 11.5. The third-order valence-corrected chi connectivity index (χ3v) is 3.54. The Morgan fingerprint density at radius 2 is 1.75 bits per heavy atom. The van der Waals surface area contributed by atoms with Crippen molar-refractivity contribution < 1.29 is 19.1 Å². The second-order valence-corrected chi connectivity index (χ2v) is 5.33. The molecule has 2 aromatic rings. The third kappa shape index (κ3) is 4.19. The molecule has 6 heteroatoms. The van der Waals surface area contributed by atoms with Crippen LogP contribution in [0.15, 0.2) is 42.5 Å². The number of carbonyl (C=O) groups is 3. The Balaban J connectivity index is 1.97. The van der Waals surface area contributed by atoms with Crippen molar-refractivity contribution in [2.75, 3.05) is 11.9 Å². The highest BCUT2D eigenvalue weighted by Gasteiger charge is 2.13. The summed E-state index contributed by atoms with van der Waals surface area (Å²) in [4.78, 5) is 35.2. The number of nitrogens with one attached hydrogen (secondary N) is 1. The Labute approximate surface area is 139 Å². The fraction of sp³-hybridized carbons (Fsp3) is 0.167. The van der Waals surface area contributed by atoms with Crippen molar-refractivity contribution in [2.24, 2.45) is 5.73 Å². The first-order valence-corrected chi connectivity index (χ1v) is 7.31. The molecule has 0 aromatic heterocycles. The number of aryl methyl sites for hydroxylation is 2. The maximum Gasteiger partial charge on any atom is 0.338 e. The zero-order valence-electron chi connectivity index (χ0n) is 13.5. The summed E-state index contributed by atoms with van der Waals surface area (Å²) in [7, 11) is 0. The summed E-state index contributed by atoms with van der Waals surface area (Å²) in [5.74, 6) is -1.80. The van der Waals surface area contributed by atoms with E-state index in [0.29, 0.717) is 5.56 Å². The van der Waals surface area contributed by atoms with Crippen LogP contribution in [0.4, 0.5) is 5.69 Å². The van der Waals surface area contributed by atoms with E-state index in [4.69, 9.17) is 10.5 Å². The average Bonchev–Trinajstić information content (AvgIpc) is 2.55. The van der Waals surface area contributed by atoms with Crippen molar-refractivity contribution >= 4 is 23.5 Å². The first-order chi connectivity index (χ1) is 11.4. The lowest BCUT2D eigenvalue weighted by atomic mass is 10.1. The number of esters is 1. The molecule has 0 atom stereocenters.